The molecular formula is C28H22ClNO2S. The van der Waals surface area contributed by atoms with Gasteiger partial charge in [0.2, 0.25) is 0 Å². The zero-order valence-corrected chi connectivity index (χ0v) is 19.4. The first-order valence-corrected chi connectivity index (χ1v) is 12.6. The standard InChI is InChI=1S/C28H22ClNO2S/c29-23-15-16-27-22(19-23)14-13-21-8-4-5-12-26(21)28(27)18-20-7-6-9-24(17-20)30-33(31,32)25-10-2-1-3-11-25/h1-12,15-19,30H,13-14H2/b28-18-. The number of anilines is 1. The summed E-state index contributed by atoms with van der Waals surface area (Å²) in [5.74, 6) is 0. The molecule has 33 heavy (non-hydrogen) atoms. The zero-order valence-electron chi connectivity index (χ0n) is 17.8. The Hall–Kier alpha value is -3.34. The van der Waals surface area contributed by atoms with Crippen LogP contribution in [0.25, 0.3) is 11.6 Å². The first-order chi connectivity index (χ1) is 16.0. The average Bonchev–Trinajstić information content (AvgIpc) is 2.97. The lowest BCUT2D eigenvalue weighted by Crippen LogP contribution is -2.12. The van der Waals surface area contributed by atoms with E-state index < -0.39 is 10.0 Å². The highest BCUT2D eigenvalue weighted by Crippen LogP contribution is 2.36. The first-order valence-electron chi connectivity index (χ1n) is 10.8. The third-order valence-electron chi connectivity index (χ3n) is 5.83. The van der Waals surface area contributed by atoms with E-state index in [0.717, 1.165) is 34.6 Å². The van der Waals surface area contributed by atoms with Crippen LogP contribution in [0.5, 0.6) is 0 Å². The summed E-state index contributed by atoms with van der Waals surface area (Å²) in [6.45, 7) is 0. The van der Waals surface area contributed by atoms with Crippen LogP contribution in [0.1, 0.15) is 27.8 Å². The topological polar surface area (TPSA) is 46.2 Å². The van der Waals surface area contributed by atoms with Crippen LogP contribution in [0.4, 0.5) is 5.69 Å². The van der Waals surface area contributed by atoms with Crippen molar-refractivity contribution in [3.05, 3.63) is 130 Å². The summed E-state index contributed by atoms with van der Waals surface area (Å²) >= 11 is 6.30. The Morgan fingerprint density at radius 2 is 1.45 bits per heavy atom. The lowest BCUT2D eigenvalue weighted by atomic mass is 9.92. The normalized spacial score (nSPS) is 14.3. The number of hydrogen-bond acceptors (Lipinski definition) is 2. The highest BCUT2D eigenvalue weighted by Gasteiger charge is 2.19. The number of benzene rings is 4. The van der Waals surface area contributed by atoms with Gasteiger partial charge in [-0.05, 0) is 88.7 Å². The van der Waals surface area contributed by atoms with Gasteiger partial charge in [0.15, 0.2) is 0 Å². The summed E-state index contributed by atoms with van der Waals surface area (Å²) in [5.41, 5.74) is 7.39. The predicted octanol–water partition coefficient (Wildman–Crippen LogP) is 6.83. The molecular weight excluding hydrogens is 450 g/mol. The van der Waals surface area contributed by atoms with Crippen LogP contribution in [0.3, 0.4) is 0 Å². The number of fused-ring (bicyclic) bond motifs is 2. The molecule has 0 atom stereocenters. The maximum atomic E-state index is 12.8. The van der Waals surface area contributed by atoms with Crippen LogP contribution in [-0.2, 0) is 22.9 Å². The number of aryl methyl sites for hydroxylation is 2. The highest BCUT2D eigenvalue weighted by molar-refractivity contribution is 7.92. The molecule has 0 bridgehead atoms. The lowest BCUT2D eigenvalue weighted by Gasteiger charge is -2.13. The van der Waals surface area contributed by atoms with E-state index in [4.69, 9.17) is 11.6 Å². The molecule has 0 heterocycles. The van der Waals surface area contributed by atoms with Gasteiger partial charge in [-0.15, -0.1) is 0 Å². The van der Waals surface area contributed by atoms with Gasteiger partial charge in [0, 0.05) is 10.7 Å². The Morgan fingerprint density at radius 3 is 2.30 bits per heavy atom. The van der Waals surface area contributed by atoms with Gasteiger partial charge in [-0.3, -0.25) is 4.72 Å². The molecule has 1 N–H and O–H groups in total. The Kier molecular flexibility index (Phi) is 5.79. The minimum Gasteiger partial charge on any atom is -0.280 e. The lowest BCUT2D eigenvalue weighted by molar-refractivity contribution is 0.601. The number of hydrogen-bond donors (Lipinski definition) is 1. The highest BCUT2D eigenvalue weighted by atomic mass is 35.5. The fourth-order valence-corrected chi connectivity index (χ4v) is 5.54. The molecule has 4 aromatic carbocycles. The molecule has 0 saturated carbocycles. The zero-order chi connectivity index (χ0) is 22.8. The summed E-state index contributed by atoms with van der Waals surface area (Å²) in [7, 11) is -3.66. The first kappa shape index (κ1) is 21.5. The van der Waals surface area contributed by atoms with Gasteiger partial charge >= 0.3 is 0 Å². The van der Waals surface area contributed by atoms with Gasteiger partial charge in [-0.2, -0.15) is 0 Å². The molecule has 0 spiro atoms. The minimum absolute atomic E-state index is 0.234. The van der Waals surface area contributed by atoms with E-state index in [1.54, 1.807) is 36.4 Å². The average molecular weight is 472 g/mol. The van der Waals surface area contributed by atoms with Crippen LogP contribution in [-0.4, -0.2) is 8.42 Å². The molecule has 164 valence electrons. The predicted molar refractivity (Wildman–Crippen MR) is 136 cm³/mol. The molecule has 0 unspecified atom stereocenters. The molecule has 0 saturated heterocycles. The summed E-state index contributed by atoms with van der Waals surface area (Å²) in [6.07, 6.45) is 3.98. The fraction of sp³-hybridized carbons (Fsp3) is 0.0714. The van der Waals surface area contributed by atoms with E-state index in [0.29, 0.717) is 5.69 Å². The van der Waals surface area contributed by atoms with E-state index >= 15 is 0 Å². The Morgan fingerprint density at radius 1 is 0.727 bits per heavy atom. The summed E-state index contributed by atoms with van der Waals surface area (Å²) < 4.78 is 28.2. The van der Waals surface area contributed by atoms with Crippen molar-refractivity contribution in [2.45, 2.75) is 17.7 Å². The summed E-state index contributed by atoms with van der Waals surface area (Å²) in [5, 5.41) is 0.733. The van der Waals surface area contributed by atoms with Crippen molar-refractivity contribution in [2.75, 3.05) is 4.72 Å². The summed E-state index contributed by atoms with van der Waals surface area (Å²) in [4.78, 5) is 0.234. The van der Waals surface area contributed by atoms with Gasteiger partial charge in [-0.1, -0.05) is 72.3 Å². The third kappa shape index (κ3) is 4.58. The quantitative estimate of drug-likeness (QED) is 0.354. The number of rotatable bonds is 4. The van der Waals surface area contributed by atoms with Crippen LogP contribution in [0, 0.1) is 0 Å². The maximum absolute atomic E-state index is 12.8. The van der Waals surface area contributed by atoms with Crippen LogP contribution < -0.4 is 4.72 Å². The SMILES string of the molecule is O=S(=O)(Nc1cccc(/C=C2/c3ccccc3CCc3cc(Cl)ccc32)c1)c1ccccc1. The summed E-state index contributed by atoms with van der Waals surface area (Å²) in [6, 6.07) is 30.3. The molecule has 3 nitrogen and oxygen atoms in total. The van der Waals surface area contributed by atoms with Crippen molar-refractivity contribution in [3.8, 4) is 0 Å². The van der Waals surface area contributed by atoms with E-state index in [-0.39, 0.29) is 4.90 Å². The number of nitrogens with one attached hydrogen (secondary N) is 1. The Balaban J connectivity index is 1.58. The van der Waals surface area contributed by atoms with Crippen molar-refractivity contribution < 1.29 is 8.42 Å². The van der Waals surface area contributed by atoms with Crippen molar-refractivity contribution in [1.29, 1.82) is 0 Å². The molecule has 0 aliphatic heterocycles. The van der Waals surface area contributed by atoms with Gasteiger partial charge in [0.05, 0.1) is 4.90 Å². The van der Waals surface area contributed by atoms with Gasteiger partial charge in [0.25, 0.3) is 10.0 Å². The Labute approximate surface area is 199 Å². The fourth-order valence-electron chi connectivity index (χ4n) is 4.28. The molecule has 0 radical (unpaired) electrons. The van der Waals surface area contributed by atoms with E-state index in [2.05, 4.69) is 41.1 Å². The van der Waals surface area contributed by atoms with E-state index in [1.807, 2.05) is 30.3 Å². The molecule has 0 aromatic heterocycles. The second-order valence-electron chi connectivity index (χ2n) is 8.06. The van der Waals surface area contributed by atoms with Crippen molar-refractivity contribution >= 4 is 39.0 Å². The second kappa shape index (κ2) is 8.89. The van der Waals surface area contributed by atoms with Gasteiger partial charge < -0.3 is 0 Å². The van der Waals surface area contributed by atoms with Gasteiger partial charge in [-0.25, -0.2) is 8.42 Å². The van der Waals surface area contributed by atoms with Crippen molar-refractivity contribution in [2.24, 2.45) is 0 Å². The molecule has 4 aromatic rings. The van der Waals surface area contributed by atoms with Gasteiger partial charge in [0.1, 0.15) is 0 Å². The van der Waals surface area contributed by atoms with Crippen molar-refractivity contribution in [1.82, 2.24) is 0 Å². The van der Waals surface area contributed by atoms with E-state index in [1.165, 1.54) is 16.7 Å². The van der Waals surface area contributed by atoms with Crippen LogP contribution in [0.2, 0.25) is 5.02 Å². The van der Waals surface area contributed by atoms with Crippen LogP contribution in [0.15, 0.2) is 102 Å². The molecule has 5 rings (SSSR count). The Bertz CT molecular complexity index is 1460. The van der Waals surface area contributed by atoms with Crippen molar-refractivity contribution in [3.63, 3.8) is 0 Å². The second-order valence-corrected chi connectivity index (χ2v) is 10.2. The maximum Gasteiger partial charge on any atom is 0.261 e. The molecule has 1 aliphatic rings. The molecule has 0 amide bonds. The smallest absolute Gasteiger partial charge is 0.261 e. The molecule has 1 aliphatic carbocycles. The number of halogens is 1. The monoisotopic (exact) mass is 471 g/mol. The molecule has 5 heteroatoms. The van der Waals surface area contributed by atoms with E-state index in [9.17, 15) is 8.42 Å². The van der Waals surface area contributed by atoms with Crippen LogP contribution >= 0.6 is 11.6 Å². The third-order valence-corrected chi connectivity index (χ3v) is 7.46. The minimum atomic E-state index is -3.66. The number of sulfonamides is 1. The largest absolute Gasteiger partial charge is 0.280 e. The molecule has 0 fully saturated rings.